The van der Waals surface area contributed by atoms with Gasteiger partial charge < -0.3 is 9.84 Å². The van der Waals surface area contributed by atoms with Crippen LogP contribution in [0.4, 0.5) is 8.78 Å². The summed E-state index contributed by atoms with van der Waals surface area (Å²) < 4.78 is 31.3. The molecule has 0 atom stereocenters. The molecule has 0 aliphatic carbocycles. The minimum atomic E-state index is -1.17. The Morgan fingerprint density at radius 1 is 1.21 bits per heavy atom. The number of hydrogen-bond donors (Lipinski definition) is 1. The molecule has 0 fully saturated rings. The van der Waals surface area contributed by atoms with E-state index in [1.807, 2.05) is 0 Å². The van der Waals surface area contributed by atoms with Crippen molar-refractivity contribution in [3.05, 3.63) is 59.4 Å². The molecule has 0 bridgehead atoms. The van der Waals surface area contributed by atoms with Crippen LogP contribution in [0.15, 0.2) is 36.4 Å². The summed E-state index contributed by atoms with van der Waals surface area (Å²) in [7, 11) is 0. The van der Waals surface area contributed by atoms with Crippen LogP contribution in [0.2, 0.25) is 0 Å². The van der Waals surface area contributed by atoms with Gasteiger partial charge in [0.05, 0.1) is 5.69 Å². The van der Waals surface area contributed by atoms with Crippen LogP contribution >= 0.6 is 0 Å². The van der Waals surface area contributed by atoms with Crippen molar-refractivity contribution in [2.45, 2.75) is 6.61 Å². The van der Waals surface area contributed by atoms with Gasteiger partial charge in [-0.05, 0) is 24.3 Å². The van der Waals surface area contributed by atoms with E-state index in [2.05, 4.69) is 4.98 Å². The van der Waals surface area contributed by atoms with Crippen LogP contribution in [0.5, 0.6) is 5.75 Å². The first-order chi connectivity index (χ1) is 9.08. The normalized spacial score (nSPS) is 10.2. The molecule has 1 aromatic heterocycles. The number of benzene rings is 1. The number of pyridine rings is 1. The molecule has 0 saturated heterocycles. The van der Waals surface area contributed by atoms with Crippen molar-refractivity contribution in [1.82, 2.24) is 4.98 Å². The van der Waals surface area contributed by atoms with E-state index in [0.717, 1.165) is 6.07 Å². The molecule has 0 radical (unpaired) electrons. The first-order valence-corrected chi connectivity index (χ1v) is 5.34. The van der Waals surface area contributed by atoms with Gasteiger partial charge in [0.25, 0.3) is 0 Å². The summed E-state index contributed by atoms with van der Waals surface area (Å²) in [5, 5.41) is 8.76. The summed E-state index contributed by atoms with van der Waals surface area (Å²) in [6.07, 6.45) is 0. The highest BCUT2D eigenvalue weighted by Gasteiger charge is 2.10. The third-order valence-corrected chi connectivity index (χ3v) is 2.32. The van der Waals surface area contributed by atoms with Gasteiger partial charge in [-0.25, -0.2) is 14.2 Å². The molecular weight excluding hydrogens is 256 g/mol. The molecule has 0 saturated carbocycles. The Labute approximate surface area is 107 Å². The third-order valence-electron chi connectivity index (χ3n) is 2.32. The summed E-state index contributed by atoms with van der Waals surface area (Å²) in [6, 6.07) is 7.93. The van der Waals surface area contributed by atoms with E-state index in [9.17, 15) is 13.6 Å². The molecule has 0 spiro atoms. The van der Waals surface area contributed by atoms with Crippen molar-refractivity contribution in [2.24, 2.45) is 0 Å². The van der Waals surface area contributed by atoms with Gasteiger partial charge in [-0.2, -0.15) is 4.39 Å². The van der Waals surface area contributed by atoms with Gasteiger partial charge in [0.15, 0.2) is 11.6 Å². The lowest BCUT2D eigenvalue weighted by atomic mass is 10.3. The fourth-order valence-electron chi connectivity index (χ4n) is 1.43. The van der Waals surface area contributed by atoms with E-state index in [0.29, 0.717) is 5.69 Å². The summed E-state index contributed by atoms with van der Waals surface area (Å²) in [5.41, 5.74) is 0.171. The molecule has 1 N–H and O–H groups in total. The third kappa shape index (κ3) is 3.04. The average Bonchev–Trinajstić information content (AvgIpc) is 2.41. The van der Waals surface area contributed by atoms with E-state index in [1.54, 1.807) is 0 Å². The maximum atomic E-state index is 13.3. The van der Waals surface area contributed by atoms with E-state index in [-0.39, 0.29) is 18.1 Å². The molecule has 0 aliphatic heterocycles. The summed E-state index contributed by atoms with van der Waals surface area (Å²) in [5.74, 6) is -3.51. The zero-order valence-electron chi connectivity index (χ0n) is 9.64. The monoisotopic (exact) mass is 265 g/mol. The van der Waals surface area contributed by atoms with Gasteiger partial charge in [0.2, 0.25) is 5.82 Å². The molecule has 4 nitrogen and oxygen atoms in total. The fourth-order valence-corrected chi connectivity index (χ4v) is 1.43. The van der Waals surface area contributed by atoms with Gasteiger partial charge >= 0.3 is 5.97 Å². The molecule has 2 aromatic rings. The van der Waals surface area contributed by atoms with Crippen molar-refractivity contribution in [2.75, 3.05) is 0 Å². The Morgan fingerprint density at radius 3 is 2.68 bits per heavy atom. The summed E-state index contributed by atoms with van der Waals surface area (Å²) in [6.45, 7) is -0.151. The molecule has 0 aliphatic rings. The number of carboxylic acid groups (broad SMARTS) is 1. The molecular formula is C13H9F2NO3. The highest BCUT2D eigenvalue weighted by atomic mass is 19.2. The standard InChI is InChI=1S/C13H9F2NO3/c14-9-4-2-6-11(12(9)15)19-7-8-3-1-5-10(16-8)13(17)18/h1-6H,7H2,(H,17,18). The Kier molecular flexibility index (Phi) is 3.70. The quantitative estimate of drug-likeness (QED) is 0.923. The van der Waals surface area contributed by atoms with Crippen molar-refractivity contribution < 1.29 is 23.4 Å². The molecule has 0 unspecified atom stereocenters. The highest BCUT2D eigenvalue weighted by Crippen LogP contribution is 2.20. The maximum absolute atomic E-state index is 13.3. The number of carboxylic acids is 1. The number of nitrogens with zero attached hydrogens (tertiary/aromatic N) is 1. The number of ether oxygens (including phenoxy) is 1. The molecule has 1 heterocycles. The zero-order valence-corrected chi connectivity index (χ0v) is 9.64. The molecule has 2 rings (SSSR count). The SMILES string of the molecule is O=C(O)c1cccc(COc2cccc(F)c2F)n1. The number of hydrogen-bond acceptors (Lipinski definition) is 3. The summed E-state index contributed by atoms with van der Waals surface area (Å²) >= 11 is 0. The smallest absolute Gasteiger partial charge is 0.354 e. The Morgan fingerprint density at radius 2 is 1.95 bits per heavy atom. The molecule has 19 heavy (non-hydrogen) atoms. The number of rotatable bonds is 4. The first-order valence-electron chi connectivity index (χ1n) is 5.34. The fraction of sp³-hybridized carbons (Fsp3) is 0.0769. The Hall–Kier alpha value is -2.50. The predicted molar refractivity (Wildman–Crippen MR) is 61.9 cm³/mol. The second-order valence-corrected chi connectivity index (χ2v) is 3.66. The van der Waals surface area contributed by atoms with Crippen LogP contribution in [-0.4, -0.2) is 16.1 Å². The largest absolute Gasteiger partial charge is 0.484 e. The Balaban J connectivity index is 2.12. The molecule has 1 aromatic carbocycles. The second-order valence-electron chi connectivity index (χ2n) is 3.66. The van der Waals surface area contributed by atoms with Crippen molar-refractivity contribution in [3.63, 3.8) is 0 Å². The van der Waals surface area contributed by atoms with Crippen molar-refractivity contribution in [3.8, 4) is 5.75 Å². The Bertz CT molecular complexity index is 617. The van der Waals surface area contributed by atoms with Crippen LogP contribution < -0.4 is 4.74 Å². The average molecular weight is 265 g/mol. The van der Waals surface area contributed by atoms with Gasteiger partial charge in [0.1, 0.15) is 12.3 Å². The maximum Gasteiger partial charge on any atom is 0.354 e. The van der Waals surface area contributed by atoms with Crippen molar-refractivity contribution >= 4 is 5.97 Å². The lowest BCUT2D eigenvalue weighted by Crippen LogP contribution is -2.05. The number of aromatic carboxylic acids is 1. The van der Waals surface area contributed by atoms with Crippen LogP contribution in [-0.2, 0) is 6.61 Å². The number of carbonyl (C=O) groups is 1. The zero-order chi connectivity index (χ0) is 13.8. The summed E-state index contributed by atoms with van der Waals surface area (Å²) in [4.78, 5) is 14.5. The van der Waals surface area contributed by atoms with E-state index in [4.69, 9.17) is 9.84 Å². The van der Waals surface area contributed by atoms with E-state index in [1.165, 1.54) is 30.3 Å². The van der Waals surface area contributed by atoms with Crippen molar-refractivity contribution in [1.29, 1.82) is 0 Å². The van der Waals surface area contributed by atoms with Crippen LogP contribution in [0, 0.1) is 11.6 Å². The van der Waals surface area contributed by atoms with Gasteiger partial charge in [-0.1, -0.05) is 12.1 Å². The second kappa shape index (κ2) is 5.43. The highest BCUT2D eigenvalue weighted by molar-refractivity contribution is 5.85. The van der Waals surface area contributed by atoms with Gasteiger partial charge in [-0.3, -0.25) is 0 Å². The topological polar surface area (TPSA) is 59.4 Å². The molecule has 6 heteroatoms. The number of aromatic nitrogens is 1. The van der Waals surface area contributed by atoms with Gasteiger partial charge in [-0.15, -0.1) is 0 Å². The predicted octanol–water partition coefficient (Wildman–Crippen LogP) is 2.64. The molecule has 98 valence electrons. The lowest BCUT2D eigenvalue weighted by molar-refractivity contribution is 0.0690. The van der Waals surface area contributed by atoms with Crippen LogP contribution in [0.1, 0.15) is 16.2 Å². The minimum absolute atomic E-state index is 0.138. The first kappa shape index (κ1) is 12.9. The van der Waals surface area contributed by atoms with E-state index >= 15 is 0 Å². The van der Waals surface area contributed by atoms with E-state index < -0.39 is 17.6 Å². The van der Waals surface area contributed by atoms with Crippen LogP contribution in [0.3, 0.4) is 0 Å². The molecule has 0 amide bonds. The minimum Gasteiger partial charge on any atom is -0.484 e. The lowest BCUT2D eigenvalue weighted by Gasteiger charge is -2.07. The van der Waals surface area contributed by atoms with Gasteiger partial charge in [0, 0.05) is 0 Å². The van der Waals surface area contributed by atoms with Crippen LogP contribution in [0.25, 0.3) is 0 Å². The number of halogens is 2.